The molecule has 1 N–H and O–H groups in total. The van der Waals surface area contributed by atoms with E-state index in [1.807, 2.05) is 11.0 Å². The fourth-order valence-electron chi connectivity index (χ4n) is 4.52. The lowest BCUT2D eigenvalue weighted by atomic mass is 9.92. The number of carbonyl (C=O) groups excluding carboxylic acids is 2. The van der Waals surface area contributed by atoms with E-state index in [-0.39, 0.29) is 23.8 Å². The van der Waals surface area contributed by atoms with Crippen LogP contribution in [0.15, 0.2) is 12.2 Å². The van der Waals surface area contributed by atoms with Crippen LogP contribution in [0.2, 0.25) is 0 Å². The third-order valence-corrected chi connectivity index (χ3v) is 6.34. The van der Waals surface area contributed by atoms with Gasteiger partial charge in [-0.3, -0.25) is 9.59 Å². The smallest absolute Gasteiger partial charge is 0.246 e. The Morgan fingerprint density at radius 2 is 1.79 bits per heavy atom. The molecule has 0 aromatic carbocycles. The van der Waals surface area contributed by atoms with Gasteiger partial charge in [0.05, 0.1) is 6.10 Å². The van der Waals surface area contributed by atoms with Crippen molar-refractivity contribution in [1.29, 1.82) is 0 Å². The molecule has 0 bridgehead atoms. The van der Waals surface area contributed by atoms with Crippen LogP contribution in [-0.2, 0) is 14.3 Å². The molecule has 0 aromatic heterocycles. The van der Waals surface area contributed by atoms with E-state index in [1.165, 1.54) is 0 Å². The first-order chi connectivity index (χ1) is 13.5. The van der Waals surface area contributed by atoms with Gasteiger partial charge in [0.25, 0.3) is 0 Å². The summed E-state index contributed by atoms with van der Waals surface area (Å²) in [6, 6.07) is 0.550. The van der Waals surface area contributed by atoms with Crippen molar-refractivity contribution >= 4 is 11.8 Å². The van der Waals surface area contributed by atoms with Crippen molar-refractivity contribution in [3.8, 4) is 0 Å². The van der Waals surface area contributed by atoms with Crippen LogP contribution >= 0.6 is 0 Å². The molecule has 0 saturated carbocycles. The number of hydrogen-bond donors (Lipinski definition) is 1. The average Bonchev–Trinajstić information content (AvgIpc) is 3.24. The molecule has 6 nitrogen and oxygen atoms in total. The van der Waals surface area contributed by atoms with E-state index in [0.717, 1.165) is 71.3 Å². The lowest BCUT2D eigenvalue weighted by Gasteiger charge is -2.41. The molecule has 3 saturated heterocycles. The Bertz CT molecular complexity index is 541. The summed E-state index contributed by atoms with van der Waals surface area (Å²) in [5, 5.41) is 3.09. The molecule has 0 aliphatic carbocycles. The Kier molecular flexibility index (Phi) is 7.91. The number of rotatable bonds is 6. The Balaban J connectivity index is 1.35. The molecule has 0 spiro atoms. The summed E-state index contributed by atoms with van der Waals surface area (Å²) in [7, 11) is 0. The van der Waals surface area contributed by atoms with Gasteiger partial charge in [-0.25, -0.2) is 0 Å². The van der Waals surface area contributed by atoms with Crippen molar-refractivity contribution in [2.24, 2.45) is 11.8 Å². The van der Waals surface area contributed by atoms with Crippen LogP contribution < -0.4 is 5.32 Å². The van der Waals surface area contributed by atoms with Crippen LogP contribution in [0.5, 0.6) is 0 Å². The highest BCUT2D eigenvalue weighted by Crippen LogP contribution is 2.24. The molecular weight excluding hydrogens is 354 g/mol. The Morgan fingerprint density at radius 1 is 1.07 bits per heavy atom. The molecule has 3 aliphatic rings. The lowest BCUT2D eigenvalue weighted by Crippen LogP contribution is -2.50. The minimum absolute atomic E-state index is 0.139. The van der Waals surface area contributed by atoms with E-state index >= 15 is 0 Å². The minimum Gasteiger partial charge on any atom is -0.376 e. The zero-order valence-corrected chi connectivity index (χ0v) is 17.6. The Labute approximate surface area is 169 Å². The van der Waals surface area contributed by atoms with Crippen molar-refractivity contribution in [2.75, 3.05) is 39.3 Å². The third kappa shape index (κ3) is 6.05. The highest BCUT2D eigenvalue weighted by atomic mass is 16.5. The van der Waals surface area contributed by atoms with Crippen molar-refractivity contribution in [3.63, 3.8) is 0 Å². The molecule has 0 aromatic rings. The Hall–Kier alpha value is -1.40. The lowest BCUT2D eigenvalue weighted by molar-refractivity contribution is -0.129. The summed E-state index contributed by atoms with van der Waals surface area (Å²) in [6.07, 6.45) is 10.0. The van der Waals surface area contributed by atoms with Gasteiger partial charge in [-0.1, -0.05) is 19.9 Å². The van der Waals surface area contributed by atoms with Gasteiger partial charge in [0.1, 0.15) is 0 Å². The van der Waals surface area contributed by atoms with Gasteiger partial charge in [0, 0.05) is 38.2 Å². The first kappa shape index (κ1) is 21.3. The number of allylic oxidation sites excluding steroid dienone is 1. The molecule has 0 radical (unpaired) electrons. The van der Waals surface area contributed by atoms with Gasteiger partial charge in [-0.05, 0) is 63.6 Å². The average molecular weight is 392 g/mol. The molecule has 1 unspecified atom stereocenters. The molecule has 2 amide bonds. The van der Waals surface area contributed by atoms with E-state index in [4.69, 9.17) is 4.74 Å². The van der Waals surface area contributed by atoms with E-state index in [2.05, 4.69) is 24.1 Å². The fourth-order valence-corrected chi connectivity index (χ4v) is 4.52. The molecule has 6 heteroatoms. The van der Waals surface area contributed by atoms with Crippen molar-refractivity contribution in [1.82, 2.24) is 15.1 Å². The summed E-state index contributed by atoms with van der Waals surface area (Å²) in [5.41, 5.74) is 0. The molecular formula is C22H37N3O3. The summed E-state index contributed by atoms with van der Waals surface area (Å²) in [5.74, 6) is 0.896. The first-order valence-corrected chi connectivity index (χ1v) is 11.1. The van der Waals surface area contributed by atoms with Crippen LogP contribution in [0.4, 0.5) is 0 Å². The Morgan fingerprint density at radius 3 is 2.39 bits per heavy atom. The predicted octanol–water partition coefficient (Wildman–Crippen LogP) is 2.20. The maximum Gasteiger partial charge on any atom is 0.246 e. The second-order valence-corrected chi connectivity index (χ2v) is 8.85. The van der Waals surface area contributed by atoms with Crippen LogP contribution in [-0.4, -0.2) is 73.1 Å². The third-order valence-electron chi connectivity index (χ3n) is 6.34. The first-order valence-electron chi connectivity index (χ1n) is 11.1. The number of ether oxygens (including phenoxy) is 1. The summed E-state index contributed by atoms with van der Waals surface area (Å²) in [6.45, 7) is 9.33. The van der Waals surface area contributed by atoms with E-state index in [1.54, 1.807) is 6.08 Å². The second kappa shape index (κ2) is 10.4. The van der Waals surface area contributed by atoms with Crippen LogP contribution in [0.1, 0.15) is 52.4 Å². The fraction of sp³-hybridized carbons (Fsp3) is 0.818. The summed E-state index contributed by atoms with van der Waals surface area (Å²) in [4.78, 5) is 29.2. The summed E-state index contributed by atoms with van der Waals surface area (Å²) >= 11 is 0. The number of nitrogens with zero attached hydrogens (tertiary/aromatic N) is 2. The van der Waals surface area contributed by atoms with Gasteiger partial charge in [0.2, 0.25) is 11.8 Å². The number of amides is 2. The zero-order valence-electron chi connectivity index (χ0n) is 17.6. The van der Waals surface area contributed by atoms with E-state index in [9.17, 15) is 9.59 Å². The van der Waals surface area contributed by atoms with Gasteiger partial charge >= 0.3 is 0 Å². The van der Waals surface area contributed by atoms with Crippen molar-refractivity contribution < 1.29 is 14.3 Å². The number of nitrogens with one attached hydrogen (secondary N) is 1. The molecule has 3 aliphatic heterocycles. The minimum atomic E-state index is 0.139. The molecule has 3 fully saturated rings. The zero-order chi connectivity index (χ0) is 19.9. The van der Waals surface area contributed by atoms with Gasteiger partial charge in [0.15, 0.2) is 0 Å². The quantitative estimate of drug-likeness (QED) is 0.705. The molecule has 3 rings (SSSR count). The normalized spacial score (nSPS) is 25.7. The molecule has 1 atom stereocenters. The number of hydrogen-bond acceptors (Lipinski definition) is 4. The largest absolute Gasteiger partial charge is 0.376 e. The highest BCUT2D eigenvalue weighted by molar-refractivity contribution is 5.87. The van der Waals surface area contributed by atoms with Gasteiger partial charge in [-0.15, -0.1) is 0 Å². The second-order valence-electron chi connectivity index (χ2n) is 8.85. The van der Waals surface area contributed by atoms with Crippen LogP contribution in [0.3, 0.4) is 0 Å². The number of piperidine rings is 2. The van der Waals surface area contributed by atoms with Crippen molar-refractivity contribution in [2.45, 2.75) is 64.5 Å². The predicted molar refractivity (Wildman–Crippen MR) is 110 cm³/mol. The van der Waals surface area contributed by atoms with Crippen LogP contribution in [0.25, 0.3) is 0 Å². The highest BCUT2D eigenvalue weighted by Gasteiger charge is 2.31. The van der Waals surface area contributed by atoms with Crippen LogP contribution in [0, 0.1) is 11.8 Å². The monoisotopic (exact) mass is 391 g/mol. The summed E-state index contributed by atoms with van der Waals surface area (Å²) < 4.78 is 5.58. The molecule has 3 heterocycles. The topological polar surface area (TPSA) is 61.9 Å². The van der Waals surface area contributed by atoms with Gasteiger partial charge in [-0.2, -0.15) is 0 Å². The number of carbonyl (C=O) groups is 2. The maximum atomic E-state index is 12.4. The standard InChI is InChI=1S/C22H37N3O3/c1-17(2)5-6-21(26)25-13-9-19(10-14-25)24-11-7-18(8-12-24)22(27)23-16-20-4-3-15-28-20/h5-6,17-20H,3-4,7-16H2,1-2H3,(H,23,27)/b6-5+. The number of likely N-dealkylation sites (tertiary alicyclic amines) is 2. The maximum absolute atomic E-state index is 12.4. The van der Waals surface area contributed by atoms with Gasteiger partial charge < -0.3 is 19.9 Å². The van der Waals surface area contributed by atoms with E-state index in [0.29, 0.717) is 18.5 Å². The molecule has 158 valence electrons. The van der Waals surface area contributed by atoms with Crippen molar-refractivity contribution in [3.05, 3.63) is 12.2 Å². The van der Waals surface area contributed by atoms with E-state index < -0.39 is 0 Å². The molecule has 28 heavy (non-hydrogen) atoms. The SMILES string of the molecule is CC(C)/C=C/C(=O)N1CCC(N2CCC(C(=O)NCC3CCCO3)CC2)CC1.